The summed E-state index contributed by atoms with van der Waals surface area (Å²) in [5.74, 6) is 0. The van der Waals surface area contributed by atoms with Crippen molar-refractivity contribution in [3.63, 3.8) is 0 Å². The van der Waals surface area contributed by atoms with Gasteiger partial charge in [0.2, 0.25) is 0 Å². The molecule has 3 heterocycles. The molecule has 2 saturated heterocycles. The monoisotopic (exact) mass is 305 g/mol. The summed E-state index contributed by atoms with van der Waals surface area (Å²) in [6.45, 7) is 13.0. The Bertz CT molecular complexity index is 493. The van der Waals surface area contributed by atoms with Gasteiger partial charge in [0, 0.05) is 24.4 Å². The van der Waals surface area contributed by atoms with Crippen molar-refractivity contribution in [3.8, 4) is 0 Å². The second kappa shape index (κ2) is 5.98. The van der Waals surface area contributed by atoms with Gasteiger partial charge in [-0.05, 0) is 66.6 Å². The number of likely N-dealkylation sites (tertiary alicyclic amines) is 1. The molecule has 1 aromatic rings. The maximum absolute atomic E-state index is 6.07. The first-order valence-electron chi connectivity index (χ1n) is 8.48. The second-order valence-corrected chi connectivity index (χ2v) is 7.53. The maximum Gasteiger partial charge on any atom is 0.498 e. The predicted molar refractivity (Wildman–Crippen MR) is 88.2 cm³/mol. The van der Waals surface area contributed by atoms with Crippen LogP contribution in [0.3, 0.4) is 0 Å². The van der Waals surface area contributed by atoms with Crippen molar-refractivity contribution < 1.29 is 9.31 Å². The fraction of sp³-hybridized carbons (Fsp3) is 0.812. The molecular weight excluding hydrogens is 277 g/mol. The highest BCUT2D eigenvalue weighted by Crippen LogP contribution is 2.36. The molecule has 0 amide bonds. The van der Waals surface area contributed by atoms with Gasteiger partial charge in [-0.15, -0.1) is 0 Å². The lowest BCUT2D eigenvalue weighted by molar-refractivity contribution is 0.00578. The standard InChI is InChI=1S/C16H28BN3O2/c1-15(2)16(3,4)22-17(21-15)14-12-18-20(13-14)11-7-10-19-8-5-6-9-19/h12-13H,5-11H2,1-4H3. The average molecular weight is 305 g/mol. The highest BCUT2D eigenvalue weighted by molar-refractivity contribution is 6.61. The van der Waals surface area contributed by atoms with Gasteiger partial charge in [0.25, 0.3) is 0 Å². The van der Waals surface area contributed by atoms with E-state index in [1.165, 1.54) is 32.5 Å². The van der Waals surface area contributed by atoms with E-state index >= 15 is 0 Å². The van der Waals surface area contributed by atoms with Crippen LogP contribution >= 0.6 is 0 Å². The van der Waals surface area contributed by atoms with Crippen molar-refractivity contribution in [2.75, 3.05) is 19.6 Å². The first-order chi connectivity index (χ1) is 10.4. The molecule has 0 bridgehead atoms. The van der Waals surface area contributed by atoms with E-state index in [0.29, 0.717) is 0 Å². The summed E-state index contributed by atoms with van der Waals surface area (Å²) >= 11 is 0. The lowest BCUT2D eigenvalue weighted by Gasteiger charge is -2.32. The Morgan fingerprint density at radius 3 is 2.36 bits per heavy atom. The van der Waals surface area contributed by atoms with Crippen molar-refractivity contribution in [2.24, 2.45) is 0 Å². The lowest BCUT2D eigenvalue weighted by Crippen LogP contribution is -2.41. The molecule has 0 aliphatic carbocycles. The summed E-state index contributed by atoms with van der Waals surface area (Å²) in [5.41, 5.74) is 0.422. The third-order valence-electron chi connectivity index (χ3n) is 5.24. The SMILES string of the molecule is CC1(C)OB(c2cnn(CCCN3CCCC3)c2)OC1(C)C. The zero-order valence-electron chi connectivity index (χ0n) is 14.3. The minimum atomic E-state index is -0.308. The molecule has 0 unspecified atom stereocenters. The van der Waals surface area contributed by atoms with Gasteiger partial charge in [-0.2, -0.15) is 5.10 Å². The number of nitrogens with zero attached hydrogens (tertiary/aromatic N) is 3. The molecule has 2 aliphatic heterocycles. The Labute approximate surface area is 134 Å². The van der Waals surface area contributed by atoms with Crippen molar-refractivity contribution >= 4 is 12.6 Å². The predicted octanol–water partition coefficient (Wildman–Crippen LogP) is 1.67. The number of hydrogen-bond donors (Lipinski definition) is 0. The molecular formula is C16H28BN3O2. The van der Waals surface area contributed by atoms with Crippen LogP contribution < -0.4 is 5.46 Å². The molecule has 3 rings (SSSR count). The molecule has 0 atom stereocenters. The molecule has 2 fully saturated rings. The van der Waals surface area contributed by atoms with E-state index in [2.05, 4.69) is 43.9 Å². The van der Waals surface area contributed by atoms with E-state index in [4.69, 9.17) is 9.31 Å². The second-order valence-electron chi connectivity index (χ2n) is 7.53. The van der Waals surface area contributed by atoms with Crippen LogP contribution in [0, 0.1) is 0 Å². The van der Waals surface area contributed by atoms with Gasteiger partial charge in [-0.3, -0.25) is 4.68 Å². The smallest absolute Gasteiger partial charge is 0.399 e. The van der Waals surface area contributed by atoms with E-state index in [-0.39, 0.29) is 18.3 Å². The van der Waals surface area contributed by atoms with Crippen LogP contribution in [0.4, 0.5) is 0 Å². The highest BCUT2D eigenvalue weighted by atomic mass is 16.7. The molecule has 0 N–H and O–H groups in total. The first kappa shape index (κ1) is 16.0. The Morgan fingerprint density at radius 2 is 1.73 bits per heavy atom. The third kappa shape index (κ3) is 3.24. The minimum Gasteiger partial charge on any atom is -0.399 e. The van der Waals surface area contributed by atoms with Gasteiger partial charge in [-0.1, -0.05) is 0 Å². The Hall–Kier alpha value is -0.845. The molecule has 0 radical (unpaired) electrons. The zero-order valence-corrected chi connectivity index (χ0v) is 14.3. The molecule has 6 heteroatoms. The fourth-order valence-corrected chi connectivity index (χ4v) is 3.07. The summed E-state index contributed by atoms with van der Waals surface area (Å²) in [6, 6.07) is 0. The molecule has 0 aromatic carbocycles. The third-order valence-corrected chi connectivity index (χ3v) is 5.24. The zero-order chi connectivity index (χ0) is 15.8. The van der Waals surface area contributed by atoms with Crippen LogP contribution in [-0.2, 0) is 15.9 Å². The van der Waals surface area contributed by atoms with Gasteiger partial charge < -0.3 is 14.2 Å². The van der Waals surface area contributed by atoms with E-state index in [1.807, 2.05) is 10.9 Å². The van der Waals surface area contributed by atoms with Crippen molar-refractivity contribution in [1.82, 2.24) is 14.7 Å². The summed E-state index contributed by atoms with van der Waals surface area (Å²) in [5, 5.41) is 4.46. The van der Waals surface area contributed by atoms with Crippen molar-refractivity contribution in [1.29, 1.82) is 0 Å². The molecule has 122 valence electrons. The normalized spacial score (nSPS) is 24.3. The Balaban J connectivity index is 1.53. The van der Waals surface area contributed by atoms with E-state index in [0.717, 1.165) is 18.4 Å². The summed E-state index contributed by atoms with van der Waals surface area (Å²) < 4.78 is 14.1. The van der Waals surface area contributed by atoms with Gasteiger partial charge in [0.15, 0.2) is 0 Å². The largest absolute Gasteiger partial charge is 0.498 e. The van der Waals surface area contributed by atoms with Crippen LogP contribution in [0.2, 0.25) is 0 Å². The number of aromatic nitrogens is 2. The van der Waals surface area contributed by atoms with Crippen LogP contribution in [0.25, 0.3) is 0 Å². The van der Waals surface area contributed by atoms with Gasteiger partial charge >= 0.3 is 7.12 Å². The van der Waals surface area contributed by atoms with Crippen molar-refractivity contribution in [2.45, 2.75) is 64.7 Å². The lowest BCUT2D eigenvalue weighted by atomic mass is 9.82. The Morgan fingerprint density at radius 1 is 1.09 bits per heavy atom. The van der Waals surface area contributed by atoms with Gasteiger partial charge in [-0.25, -0.2) is 0 Å². The minimum absolute atomic E-state index is 0.296. The number of aryl methyl sites for hydroxylation is 1. The molecule has 5 nitrogen and oxygen atoms in total. The van der Waals surface area contributed by atoms with Crippen LogP contribution in [0.15, 0.2) is 12.4 Å². The topological polar surface area (TPSA) is 39.5 Å². The van der Waals surface area contributed by atoms with E-state index in [1.54, 1.807) is 0 Å². The molecule has 0 saturated carbocycles. The molecule has 1 aromatic heterocycles. The van der Waals surface area contributed by atoms with Crippen LogP contribution in [0.1, 0.15) is 47.0 Å². The molecule has 2 aliphatic rings. The summed E-state index contributed by atoms with van der Waals surface area (Å²) in [6.07, 6.45) is 7.79. The Kier molecular flexibility index (Phi) is 4.36. The quantitative estimate of drug-likeness (QED) is 0.776. The maximum atomic E-state index is 6.07. The first-order valence-corrected chi connectivity index (χ1v) is 8.48. The van der Waals surface area contributed by atoms with Crippen LogP contribution in [0.5, 0.6) is 0 Å². The number of rotatable bonds is 5. The summed E-state index contributed by atoms with van der Waals surface area (Å²) in [4.78, 5) is 2.54. The summed E-state index contributed by atoms with van der Waals surface area (Å²) in [7, 11) is -0.308. The number of hydrogen-bond acceptors (Lipinski definition) is 4. The average Bonchev–Trinajstić information content (AvgIpc) is 3.11. The van der Waals surface area contributed by atoms with Crippen LogP contribution in [-0.4, -0.2) is 52.6 Å². The van der Waals surface area contributed by atoms with Crippen molar-refractivity contribution in [3.05, 3.63) is 12.4 Å². The van der Waals surface area contributed by atoms with E-state index < -0.39 is 0 Å². The van der Waals surface area contributed by atoms with Gasteiger partial charge in [0.05, 0.1) is 11.2 Å². The van der Waals surface area contributed by atoms with Gasteiger partial charge in [0.1, 0.15) is 0 Å². The molecule has 0 spiro atoms. The molecule has 22 heavy (non-hydrogen) atoms. The highest BCUT2D eigenvalue weighted by Gasteiger charge is 2.52. The fourth-order valence-electron chi connectivity index (χ4n) is 3.07. The van der Waals surface area contributed by atoms with E-state index in [9.17, 15) is 0 Å².